The summed E-state index contributed by atoms with van der Waals surface area (Å²) in [5.41, 5.74) is 7.26. The van der Waals surface area contributed by atoms with E-state index in [1.165, 1.54) is 18.4 Å². The average molecular weight is 204 g/mol. The summed E-state index contributed by atoms with van der Waals surface area (Å²) >= 11 is 0. The van der Waals surface area contributed by atoms with E-state index in [4.69, 9.17) is 5.73 Å². The number of benzene rings is 1. The van der Waals surface area contributed by atoms with Crippen LogP contribution >= 0.6 is 0 Å². The normalized spacial score (nSPS) is 27.9. The van der Waals surface area contributed by atoms with Crippen LogP contribution in [0.3, 0.4) is 0 Å². The largest absolute Gasteiger partial charge is 0.328 e. The Morgan fingerprint density at radius 3 is 2.60 bits per heavy atom. The monoisotopic (exact) mass is 204 g/mol. The fourth-order valence-corrected chi connectivity index (χ4v) is 2.36. The molecule has 1 aliphatic rings. The fraction of sp³-hybridized carbons (Fsp3) is 0.538. The third kappa shape index (κ3) is 2.80. The summed E-state index contributed by atoms with van der Waals surface area (Å²) in [6.07, 6.45) is 3.51. The molecule has 0 bridgehead atoms. The molecule has 1 aromatic carbocycles. The van der Waals surface area contributed by atoms with Crippen LogP contribution in [-0.2, 0) is 0 Å². The van der Waals surface area contributed by atoms with Gasteiger partial charge in [-0.1, -0.05) is 30.3 Å². The van der Waals surface area contributed by atoms with Gasteiger partial charge in [-0.3, -0.25) is 0 Å². The molecular weight excluding hydrogens is 184 g/mol. The Bertz CT molecular complexity index is 297. The minimum absolute atomic E-state index is 0.408. The Labute approximate surface area is 91.9 Å². The molecule has 1 fully saturated rings. The Morgan fingerprint density at radius 2 is 2.00 bits per heavy atom. The van der Waals surface area contributed by atoms with Gasteiger partial charge in [-0.05, 0) is 31.7 Å². The highest BCUT2D eigenvalue weighted by Gasteiger charge is 2.22. The van der Waals surface area contributed by atoms with Gasteiger partial charge in [-0.15, -0.1) is 0 Å². The van der Waals surface area contributed by atoms with Crippen molar-refractivity contribution in [2.45, 2.75) is 44.3 Å². The molecule has 3 atom stereocenters. The van der Waals surface area contributed by atoms with Crippen molar-refractivity contribution < 1.29 is 0 Å². The SMILES string of the molecule is C[C@@H](NC1CCC(N)C1)c1ccccc1. The van der Waals surface area contributed by atoms with Gasteiger partial charge in [0.25, 0.3) is 0 Å². The molecule has 0 amide bonds. The van der Waals surface area contributed by atoms with E-state index < -0.39 is 0 Å². The van der Waals surface area contributed by atoms with Gasteiger partial charge in [-0.25, -0.2) is 0 Å². The van der Waals surface area contributed by atoms with Gasteiger partial charge in [0, 0.05) is 18.1 Å². The van der Waals surface area contributed by atoms with Gasteiger partial charge in [-0.2, -0.15) is 0 Å². The van der Waals surface area contributed by atoms with Gasteiger partial charge < -0.3 is 11.1 Å². The molecule has 3 N–H and O–H groups in total. The smallest absolute Gasteiger partial charge is 0.0294 e. The van der Waals surface area contributed by atoms with E-state index in [1.807, 2.05) is 0 Å². The van der Waals surface area contributed by atoms with E-state index in [2.05, 4.69) is 42.6 Å². The quantitative estimate of drug-likeness (QED) is 0.792. The van der Waals surface area contributed by atoms with Crippen LogP contribution in [-0.4, -0.2) is 12.1 Å². The Morgan fingerprint density at radius 1 is 1.27 bits per heavy atom. The zero-order valence-corrected chi connectivity index (χ0v) is 9.32. The second-order valence-corrected chi connectivity index (χ2v) is 4.57. The third-order valence-electron chi connectivity index (χ3n) is 3.26. The lowest BCUT2D eigenvalue weighted by molar-refractivity contribution is 0.457. The molecule has 2 nitrogen and oxygen atoms in total. The highest BCUT2D eigenvalue weighted by molar-refractivity contribution is 5.18. The number of hydrogen-bond acceptors (Lipinski definition) is 2. The summed E-state index contributed by atoms with van der Waals surface area (Å²) in [6.45, 7) is 2.22. The summed E-state index contributed by atoms with van der Waals surface area (Å²) in [5, 5.41) is 3.65. The first-order chi connectivity index (χ1) is 7.25. The van der Waals surface area contributed by atoms with Crippen molar-refractivity contribution in [1.29, 1.82) is 0 Å². The van der Waals surface area contributed by atoms with Gasteiger partial charge in [0.2, 0.25) is 0 Å². The topological polar surface area (TPSA) is 38.0 Å². The summed E-state index contributed by atoms with van der Waals surface area (Å²) in [7, 11) is 0. The van der Waals surface area contributed by atoms with Crippen molar-refractivity contribution in [1.82, 2.24) is 5.32 Å². The predicted molar refractivity (Wildman–Crippen MR) is 63.6 cm³/mol. The lowest BCUT2D eigenvalue weighted by Gasteiger charge is -2.19. The van der Waals surface area contributed by atoms with E-state index in [-0.39, 0.29) is 0 Å². The van der Waals surface area contributed by atoms with Gasteiger partial charge >= 0.3 is 0 Å². The summed E-state index contributed by atoms with van der Waals surface area (Å²) in [4.78, 5) is 0. The summed E-state index contributed by atoms with van der Waals surface area (Å²) in [5.74, 6) is 0. The summed E-state index contributed by atoms with van der Waals surface area (Å²) in [6, 6.07) is 12.0. The van der Waals surface area contributed by atoms with Crippen LogP contribution in [0.2, 0.25) is 0 Å². The number of hydrogen-bond donors (Lipinski definition) is 2. The molecule has 1 aliphatic carbocycles. The van der Waals surface area contributed by atoms with Gasteiger partial charge in [0.15, 0.2) is 0 Å². The molecule has 0 saturated heterocycles. The van der Waals surface area contributed by atoms with Crippen LogP contribution in [0.5, 0.6) is 0 Å². The lowest BCUT2D eigenvalue weighted by Crippen LogP contribution is -2.30. The minimum Gasteiger partial charge on any atom is -0.328 e. The average Bonchev–Trinajstić information content (AvgIpc) is 2.65. The molecule has 0 heterocycles. The van der Waals surface area contributed by atoms with Crippen molar-refractivity contribution in [3.05, 3.63) is 35.9 Å². The molecule has 0 radical (unpaired) electrons. The van der Waals surface area contributed by atoms with E-state index in [9.17, 15) is 0 Å². The molecule has 1 saturated carbocycles. The standard InChI is InChI=1S/C13H20N2/c1-10(11-5-3-2-4-6-11)15-13-8-7-12(14)9-13/h2-6,10,12-13,15H,7-9,14H2,1H3/t10-,12?,13?/m1/s1. The van der Waals surface area contributed by atoms with E-state index in [0.717, 1.165) is 6.42 Å². The maximum Gasteiger partial charge on any atom is 0.0294 e. The number of nitrogens with two attached hydrogens (primary N) is 1. The molecule has 2 rings (SSSR count). The molecule has 82 valence electrons. The van der Waals surface area contributed by atoms with Crippen molar-refractivity contribution in [2.75, 3.05) is 0 Å². The minimum atomic E-state index is 0.408. The molecule has 0 spiro atoms. The number of rotatable bonds is 3. The van der Waals surface area contributed by atoms with E-state index >= 15 is 0 Å². The second kappa shape index (κ2) is 4.77. The fourth-order valence-electron chi connectivity index (χ4n) is 2.36. The van der Waals surface area contributed by atoms with Crippen molar-refractivity contribution in [3.63, 3.8) is 0 Å². The van der Waals surface area contributed by atoms with Crippen molar-refractivity contribution >= 4 is 0 Å². The number of nitrogens with one attached hydrogen (secondary N) is 1. The van der Waals surface area contributed by atoms with E-state index in [0.29, 0.717) is 18.1 Å². The van der Waals surface area contributed by atoms with Crippen molar-refractivity contribution in [2.24, 2.45) is 5.73 Å². The highest BCUT2D eigenvalue weighted by atomic mass is 15.0. The van der Waals surface area contributed by atoms with E-state index in [1.54, 1.807) is 0 Å². The third-order valence-corrected chi connectivity index (χ3v) is 3.26. The zero-order chi connectivity index (χ0) is 10.7. The van der Waals surface area contributed by atoms with Crippen molar-refractivity contribution in [3.8, 4) is 0 Å². The van der Waals surface area contributed by atoms with Crippen LogP contribution in [0.1, 0.15) is 37.8 Å². The van der Waals surface area contributed by atoms with Crippen LogP contribution in [0, 0.1) is 0 Å². The maximum absolute atomic E-state index is 5.90. The molecular formula is C13H20N2. The first-order valence-corrected chi connectivity index (χ1v) is 5.82. The highest BCUT2D eigenvalue weighted by Crippen LogP contribution is 2.21. The van der Waals surface area contributed by atoms with Gasteiger partial charge in [0.1, 0.15) is 0 Å². The van der Waals surface area contributed by atoms with Gasteiger partial charge in [0.05, 0.1) is 0 Å². The molecule has 1 aromatic rings. The molecule has 15 heavy (non-hydrogen) atoms. The van der Waals surface area contributed by atoms with Crippen LogP contribution < -0.4 is 11.1 Å². The molecule has 2 unspecified atom stereocenters. The first kappa shape index (κ1) is 10.7. The Kier molecular flexibility index (Phi) is 3.39. The summed E-state index contributed by atoms with van der Waals surface area (Å²) < 4.78 is 0. The molecule has 2 heteroatoms. The Balaban J connectivity index is 1.90. The predicted octanol–water partition coefficient (Wildman–Crippen LogP) is 2.22. The maximum atomic E-state index is 5.90. The Hall–Kier alpha value is -0.860. The second-order valence-electron chi connectivity index (χ2n) is 4.57. The van der Waals surface area contributed by atoms with Crippen LogP contribution in [0.15, 0.2) is 30.3 Å². The first-order valence-electron chi connectivity index (χ1n) is 5.82. The van der Waals surface area contributed by atoms with Crippen LogP contribution in [0.25, 0.3) is 0 Å². The molecule has 0 aliphatic heterocycles. The van der Waals surface area contributed by atoms with Crippen LogP contribution in [0.4, 0.5) is 0 Å². The lowest BCUT2D eigenvalue weighted by atomic mass is 10.1. The zero-order valence-electron chi connectivity index (χ0n) is 9.32. The molecule has 0 aromatic heterocycles.